The molecule has 0 radical (unpaired) electrons. The molecule has 2 amide bonds. The molecule has 0 spiro atoms. The van der Waals surface area contributed by atoms with Gasteiger partial charge in [-0.2, -0.15) is 0 Å². The summed E-state index contributed by atoms with van der Waals surface area (Å²) in [4.78, 5) is 25.8. The van der Waals surface area contributed by atoms with E-state index in [-0.39, 0.29) is 24.4 Å². The van der Waals surface area contributed by atoms with Crippen LogP contribution in [-0.4, -0.2) is 33.0 Å². The van der Waals surface area contributed by atoms with E-state index >= 15 is 0 Å². The Bertz CT molecular complexity index is 998. The fraction of sp³-hybridized carbons (Fsp3) is 0.238. The van der Waals surface area contributed by atoms with Crippen molar-refractivity contribution >= 4 is 29.1 Å². The van der Waals surface area contributed by atoms with Crippen LogP contribution < -0.4 is 5.32 Å². The standard InChI is InChI=1S/C21H21ClN4O3/c1-13(2)26(21(28)16-6-10-18(11-7-16)23-14(3)27)12-19-24-25-20(29-19)15-4-8-17(22)9-5-15/h4-11,13H,12H2,1-3H3,(H,23,27). The van der Waals surface area contributed by atoms with Crippen molar-refractivity contribution in [3.8, 4) is 11.5 Å². The number of carbonyl (C=O) groups excluding carboxylic acids is 2. The maximum Gasteiger partial charge on any atom is 0.254 e. The number of rotatable bonds is 6. The van der Waals surface area contributed by atoms with E-state index in [1.807, 2.05) is 13.8 Å². The third-order valence-electron chi connectivity index (χ3n) is 4.20. The number of hydrogen-bond acceptors (Lipinski definition) is 5. The molecule has 0 fully saturated rings. The van der Waals surface area contributed by atoms with Crippen molar-refractivity contribution in [2.75, 3.05) is 5.32 Å². The molecule has 150 valence electrons. The van der Waals surface area contributed by atoms with E-state index < -0.39 is 0 Å². The number of anilines is 1. The zero-order valence-electron chi connectivity index (χ0n) is 16.3. The maximum atomic E-state index is 13.0. The number of halogens is 1. The molecule has 3 aromatic rings. The molecule has 0 aliphatic rings. The lowest BCUT2D eigenvalue weighted by molar-refractivity contribution is -0.114. The molecule has 1 heterocycles. The van der Waals surface area contributed by atoms with Gasteiger partial charge < -0.3 is 14.6 Å². The summed E-state index contributed by atoms with van der Waals surface area (Å²) in [5.41, 5.74) is 1.89. The average Bonchev–Trinajstić information content (AvgIpc) is 3.15. The number of carbonyl (C=O) groups is 2. The summed E-state index contributed by atoms with van der Waals surface area (Å²) < 4.78 is 5.73. The van der Waals surface area contributed by atoms with Gasteiger partial charge in [0.1, 0.15) is 0 Å². The van der Waals surface area contributed by atoms with E-state index in [0.717, 1.165) is 5.56 Å². The molecular formula is C21H21ClN4O3. The number of nitrogens with zero attached hydrogens (tertiary/aromatic N) is 3. The van der Waals surface area contributed by atoms with Gasteiger partial charge in [0.25, 0.3) is 5.91 Å². The highest BCUT2D eigenvalue weighted by atomic mass is 35.5. The first-order valence-electron chi connectivity index (χ1n) is 9.10. The van der Waals surface area contributed by atoms with Crippen LogP contribution in [0.15, 0.2) is 52.9 Å². The van der Waals surface area contributed by atoms with Gasteiger partial charge in [0.2, 0.25) is 17.7 Å². The van der Waals surface area contributed by atoms with Gasteiger partial charge in [0.15, 0.2) is 0 Å². The Labute approximate surface area is 173 Å². The SMILES string of the molecule is CC(=O)Nc1ccc(C(=O)N(Cc2nnc(-c3ccc(Cl)cc3)o2)C(C)C)cc1. The van der Waals surface area contributed by atoms with Crippen molar-refractivity contribution in [3.05, 3.63) is 65.0 Å². The van der Waals surface area contributed by atoms with Crippen LogP contribution in [0, 0.1) is 0 Å². The minimum absolute atomic E-state index is 0.0802. The zero-order valence-corrected chi connectivity index (χ0v) is 17.1. The first-order valence-corrected chi connectivity index (χ1v) is 9.48. The molecule has 0 saturated carbocycles. The molecule has 0 unspecified atom stereocenters. The molecular weight excluding hydrogens is 392 g/mol. The minimum atomic E-state index is -0.166. The van der Waals surface area contributed by atoms with Crippen molar-refractivity contribution < 1.29 is 14.0 Å². The Morgan fingerprint density at radius 3 is 2.31 bits per heavy atom. The number of hydrogen-bond donors (Lipinski definition) is 1. The summed E-state index contributed by atoms with van der Waals surface area (Å²) in [6.07, 6.45) is 0. The average molecular weight is 413 g/mol. The summed E-state index contributed by atoms with van der Waals surface area (Å²) in [5, 5.41) is 11.4. The minimum Gasteiger partial charge on any atom is -0.419 e. The lowest BCUT2D eigenvalue weighted by Crippen LogP contribution is -2.36. The van der Waals surface area contributed by atoms with Crippen LogP contribution >= 0.6 is 11.6 Å². The predicted octanol–water partition coefficient (Wildman–Crippen LogP) is 4.40. The third-order valence-corrected chi connectivity index (χ3v) is 4.45. The van der Waals surface area contributed by atoms with E-state index in [9.17, 15) is 9.59 Å². The summed E-state index contributed by atoms with van der Waals surface area (Å²) in [5.74, 6) is 0.376. The second kappa shape index (κ2) is 8.87. The molecule has 0 saturated heterocycles. The Morgan fingerprint density at radius 2 is 1.72 bits per heavy atom. The van der Waals surface area contributed by atoms with Crippen LogP contribution in [-0.2, 0) is 11.3 Å². The molecule has 0 atom stereocenters. The summed E-state index contributed by atoms with van der Waals surface area (Å²) >= 11 is 5.90. The molecule has 0 aliphatic heterocycles. The van der Waals surface area contributed by atoms with Crippen molar-refractivity contribution in [1.29, 1.82) is 0 Å². The molecule has 8 heteroatoms. The van der Waals surface area contributed by atoms with Gasteiger partial charge in [-0.15, -0.1) is 10.2 Å². The van der Waals surface area contributed by atoms with Gasteiger partial charge in [-0.05, 0) is 62.4 Å². The topological polar surface area (TPSA) is 88.3 Å². The van der Waals surface area contributed by atoms with Crippen LogP contribution in [0.3, 0.4) is 0 Å². The zero-order chi connectivity index (χ0) is 21.0. The number of benzene rings is 2. The number of aromatic nitrogens is 2. The summed E-state index contributed by atoms with van der Waals surface area (Å²) in [6.45, 7) is 5.45. The van der Waals surface area contributed by atoms with Crippen LogP contribution in [0.25, 0.3) is 11.5 Å². The highest BCUT2D eigenvalue weighted by Crippen LogP contribution is 2.22. The van der Waals surface area contributed by atoms with E-state index in [1.165, 1.54) is 6.92 Å². The summed E-state index contributed by atoms with van der Waals surface area (Å²) in [7, 11) is 0. The van der Waals surface area contributed by atoms with Crippen LogP contribution in [0.5, 0.6) is 0 Å². The fourth-order valence-electron chi connectivity index (χ4n) is 2.73. The maximum absolute atomic E-state index is 13.0. The third kappa shape index (κ3) is 5.20. The first-order chi connectivity index (χ1) is 13.8. The van der Waals surface area contributed by atoms with E-state index in [4.69, 9.17) is 16.0 Å². The van der Waals surface area contributed by atoms with Gasteiger partial charge in [-0.1, -0.05) is 11.6 Å². The lowest BCUT2D eigenvalue weighted by Gasteiger charge is -2.25. The largest absolute Gasteiger partial charge is 0.419 e. The molecule has 0 aliphatic carbocycles. The Hall–Kier alpha value is -3.19. The van der Waals surface area contributed by atoms with Crippen LogP contribution in [0.2, 0.25) is 5.02 Å². The van der Waals surface area contributed by atoms with Gasteiger partial charge in [-0.25, -0.2) is 0 Å². The molecule has 29 heavy (non-hydrogen) atoms. The van der Waals surface area contributed by atoms with Crippen LogP contribution in [0.1, 0.15) is 37.0 Å². The first kappa shape index (κ1) is 20.5. The van der Waals surface area contributed by atoms with Gasteiger partial charge >= 0.3 is 0 Å². The second-order valence-electron chi connectivity index (χ2n) is 6.79. The normalized spacial score (nSPS) is 10.8. The molecule has 2 aromatic carbocycles. The van der Waals surface area contributed by atoms with Crippen molar-refractivity contribution in [2.45, 2.75) is 33.4 Å². The Morgan fingerprint density at radius 1 is 1.07 bits per heavy atom. The fourth-order valence-corrected chi connectivity index (χ4v) is 2.85. The van der Waals surface area contributed by atoms with Crippen LogP contribution in [0.4, 0.5) is 5.69 Å². The van der Waals surface area contributed by atoms with Gasteiger partial charge in [-0.3, -0.25) is 9.59 Å². The summed E-state index contributed by atoms with van der Waals surface area (Å²) in [6, 6.07) is 13.7. The monoisotopic (exact) mass is 412 g/mol. The highest BCUT2D eigenvalue weighted by molar-refractivity contribution is 6.30. The number of amides is 2. The van der Waals surface area contributed by atoms with E-state index in [0.29, 0.717) is 28.1 Å². The lowest BCUT2D eigenvalue weighted by atomic mass is 10.1. The van der Waals surface area contributed by atoms with E-state index in [2.05, 4.69) is 15.5 Å². The molecule has 0 bridgehead atoms. The van der Waals surface area contributed by atoms with Gasteiger partial charge in [0.05, 0.1) is 6.54 Å². The molecule has 1 N–H and O–H groups in total. The van der Waals surface area contributed by atoms with Crippen molar-refractivity contribution in [1.82, 2.24) is 15.1 Å². The molecule has 3 rings (SSSR count). The van der Waals surface area contributed by atoms with E-state index in [1.54, 1.807) is 53.4 Å². The molecule has 7 nitrogen and oxygen atoms in total. The smallest absolute Gasteiger partial charge is 0.254 e. The predicted molar refractivity (Wildman–Crippen MR) is 110 cm³/mol. The van der Waals surface area contributed by atoms with Crippen molar-refractivity contribution in [3.63, 3.8) is 0 Å². The quantitative estimate of drug-likeness (QED) is 0.648. The number of nitrogens with one attached hydrogen (secondary N) is 1. The Kier molecular flexibility index (Phi) is 6.29. The van der Waals surface area contributed by atoms with Gasteiger partial charge in [0, 0.05) is 34.8 Å². The second-order valence-corrected chi connectivity index (χ2v) is 7.23. The molecule has 1 aromatic heterocycles. The highest BCUT2D eigenvalue weighted by Gasteiger charge is 2.22. The van der Waals surface area contributed by atoms with Crippen molar-refractivity contribution in [2.24, 2.45) is 0 Å². The Balaban J connectivity index is 1.75.